The summed E-state index contributed by atoms with van der Waals surface area (Å²) in [7, 11) is 0. The highest BCUT2D eigenvalue weighted by atomic mass is 79.9. The van der Waals surface area contributed by atoms with Gasteiger partial charge in [0.15, 0.2) is 0 Å². The van der Waals surface area contributed by atoms with Gasteiger partial charge in [0.1, 0.15) is 0 Å². The standard InChI is InChI=1S/C13H16BrNO3S/c1-9(6-13(17)18)7-15-12(16)8-19-11-4-2-10(14)3-5-11/h2-5,9H,6-8H2,1H3,(H,15,16)(H,17,18). The number of carboxylic acid groups (broad SMARTS) is 1. The van der Waals surface area contributed by atoms with Crippen LogP contribution in [0.5, 0.6) is 0 Å². The Hall–Kier alpha value is -1.01. The summed E-state index contributed by atoms with van der Waals surface area (Å²) in [6.45, 7) is 2.20. The maximum absolute atomic E-state index is 11.6. The molecule has 0 spiro atoms. The first kappa shape index (κ1) is 16.0. The van der Waals surface area contributed by atoms with Crippen molar-refractivity contribution < 1.29 is 14.7 Å². The number of carbonyl (C=O) groups excluding carboxylic acids is 1. The minimum Gasteiger partial charge on any atom is -0.481 e. The van der Waals surface area contributed by atoms with Crippen LogP contribution in [-0.2, 0) is 9.59 Å². The summed E-state index contributed by atoms with van der Waals surface area (Å²) in [6, 6.07) is 7.73. The molecule has 1 aromatic carbocycles. The lowest BCUT2D eigenvalue weighted by atomic mass is 10.1. The van der Waals surface area contributed by atoms with Crippen molar-refractivity contribution in [3.8, 4) is 0 Å². The predicted molar refractivity (Wildman–Crippen MR) is 79.3 cm³/mol. The average molecular weight is 346 g/mol. The molecule has 0 aliphatic rings. The first-order valence-electron chi connectivity index (χ1n) is 5.84. The Kier molecular flexibility index (Phi) is 6.94. The maximum Gasteiger partial charge on any atom is 0.303 e. The fraction of sp³-hybridized carbons (Fsp3) is 0.385. The second-order valence-corrected chi connectivity index (χ2v) is 6.21. The molecule has 1 rings (SSSR count). The number of halogens is 1. The lowest BCUT2D eigenvalue weighted by Gasteiger charge is -2.10. The molecule has 0 radical (unpaired) electrons. The minimum absolute atomic E-state index is 0.0564. The second-order valence-electron chi connectivity index (χ2n) is 4.25. The van der Waals surface area contributed by atoms with Crippen LogP contribution in [0.1, 0.15) is 13.3 Å². The lowest BCUT2D eigenvalue weighted by molar-refractivity contribution is -0.138. The van der Waals surface area contributed by atoms with Gasteiger partial charge in [-0.3, -0.25) is 9.59 Å². The van der Waals surface area contributed by atoms with Crippen molar-refractivity contribution in [2.45, 2.75) is 18.2 Å². The van der Waals surface area contributed by atoms with Crippen LogP contribution in [0.2, 0.25) is 0 Å². The molecule has 0 aromatic heterocycles. The number of carbonyl (C=O) groups is 2. The molecule has 4 nitrogen and oxygen atoms in total. The Morgan fingerprint density at radius 3 is 2.58 bits per heavy atom. The van der Waals surface area contributed by atoms with E-state index in [0.717, 1.165) is 9.37 Å². The molecule has 0 aliphatic carbocycles. The molecule has 0 fully saturated rings. The maximum atomic E-state index is 11.6. The first-order valence-corrected chi connectivity index (χ1v) is 7.62. The second kappa shape index (κ2) is 8.22. The van der Waals surface area contributed by atoms with Crippen molar-refractivity contribution in [2.24, 2.45) is 5.92 Å². The van der Waals surface area contributed by atoms with E-state index in [-0.39, 0.29) is 18.2 Å². The van der Waals surface area contributed by atoms with Gasteiger partial charge in [0.05, 0.1) is 5.75 Å². The molecule has 0 bridgehead atoms. The Bertz CT molecular complexity index is 436. The number of aliphatic carboxylic acids is 1. The van der Waals surface area contributed by atoms with E-state index in [2.05, 4.69) is 21.2 Å². The number of nitrogens with one attached hydrogen (secondary N) is 1. The molecule has 1 atom stereocenters. The molecule has 1 unspecified atom stereocenters. The number of hydrogen-bond donors (Lipinski definition) is 2. The fourth-order valence-corrected chi connectivity index (χ4v) is 2.38. The Balaban J connectivity index is 2.24. The summed E-state index contributed by atoms with van der Waals surface area (Å²) in [5.74, 6) is -0.642. The normalized spacial score (nSPS) is 11.9. The summed E-state index contributed by atoms with van der Waals surface area (Å²) in [6.07, 6.45) is 0.0696. The van der Waals surface area contributed by atoms with Crippen molar-refractivity contribution in [3.05, 3.63) is 28.7 Å². The smallest absolute Gasteiger partial charge is 0.303 e. The number of thioether (sulfide) groups is 1. The Labute approximate surface area is 125 Å². The molecular formula is C13H16BrNO3S. The highest BCUT2D eigenvalue weighted by molar-refractivity contribution is 9.10. The van der Waals surface area contributed by atoms with Crippen LogP contribution in [0.3, 0.4) is 0 Å². The average Bonchev–Trinajstić information content (AvgIpc) is 2.35. The summed E-state index contributed by atoms with van der Waals surface area (Å²) in [5.41, 5.74) is 0. The lowest BCUT2D eigenvalue weighted by Crippen LogP contribution is -2.30. The van der Waals surface area contributed by atoms with Crippen LogP contribution in [0.15, 0.2) is 33.6 Å². The molecule has 1 aromatic rings. The van der Waals surface area contributed by atoms with Crippen LogP contribution in [0.4, 0.5) is 0 Å². The molecule has 0 saturated heterocycles. The van der Waals surface area contributed by atoms with Crippen LogP contribution >= 0.6 is 27.7 Å². The summed E-state index contributed by atoms with van der Waals surface area (Å²) in [5, 5.41) is 11.3. The quantitative estimate of drug-likeness (QED) is 0.745. The van der Waals surface area contributed by atoms with Gasteiger partial charge >= 0.3 is 5.97 Å². The van der Waals surface area contributed by atoms with Crippen molar-refractivity contribution >= 4 is 39.6 Å². The summed E-state index contributed by atoms with van der Waals surface area (Å²) >= 11 is 4.80. The van der Waals surface area contributed by atoms with Gasteiger partial charge in [-0.05, 0) is 30.2 Å². The minimum atomic E-state index is -0.842. The zero-order chi connectivity index (χ0) is 14.3. The number of carboxylic acids is 1. The first-order chi connectivity index (χ1) is 8.97. The van der Waals surface area contributed by atoms with E-state index < -0.39 is 5.97 Å². The van der Waals surface area contributed by atoms with Crippen molar-refractivity contribution in [1.29, 1.82) is 0 Å². The topological polar surface area (TPSA) is 66.4 Å². The third-order valence-electron chi connectivity index (χ3n) is 2.35. The van der Waals surface area contributed by atoms with Crippen LogP contribution in [0.25, 0.3) is 0 Å². The highest BCUT2D eigenvalue weighted by Gasteiger charge is 2.09. The summed E-state index contributed by atoms with van der Waals surface area (Å²) < 4.78 is 1.00. The SMILES string of the molecule is CC(CNC(=O)CSc1ccc(Br)cc1)CC(=O)O. The molecule has 0 aliphatic heterocycles. The number of hydrogen-bond acceptors (Lipinski definition) is 3. The molecule has 19 heavy (non-hydrogen) atoms. The van der Waals surface area contributed by atoms with E-state index in [1.807, 2.05) is 24.3 Å². The van der Waals surface area contributed by atoms with Crippen molar-refractivity contribution in [3.63, 3.8) is 0 Å². The van der Waals surface area contributed by atoms with E-state index in [9.17, 15) is 9.59 Å². The van der Waals surface area contributed by atoms with Gasteiger partial charge in [0.2, 0.25) is 5.91 Å². The Morgan fingerprint density at radius 2 is 2.00 bits per heavy atom. The third-order valence-corrected chi connectivity index (χ3v) is 3.90. The number of rotatable bonds is 7. The number of benzene rings is 1. The molecule has 1 amide bonds. The van der Waals surface area contributed by atoms with Crippen LogP contribution in [0, 0.1) is 5.92 Å². The van der Waals surface area contributed by atoms with E-state index in [4.69, 9.17) is 5.11 Å². The van der Waals surface area contributed by atoms with E-state index in [1.165, 1.54) is 11.8 Å². The zero-order valence-electron chi connectivity index (χ0n) is 10.6. The monoisotopic (exact) mass is 345 g/mol. The third kappa shape index (κ3) is 7.22. The van der Waals surface area contributed by atoms with Gasteiger partial charge < -0.3 is 10.4 Å². The van der Waals surface area contributed by atoms with Gasteiger partial charge in [-0.2, -0.15) is 0 Å². The molecular weight excluding hydrogens is 330 g/mol. The van der Waals surface area contributed by atoms with Gasteiger partial charge in [-0.25, -0.2) is 0 Å². The summed E-state index contributed by atoms with van der Waals surface area (Å²) in [4.78, 5) is 23.1. The van der Waals surface area contributed by atoms with Gasteiger partial charge in [0.25, 0.3) is 0 Å². The van der Waals surface area contributed by atoms with Gasteiger partial charge in [-0.1, -0.05) is 22.9 Å². The molecule has 0 heterocycles. The fourth-order valence-electron chi connectivity index (χ4n) is 1.39. The van der Waals surface area contributed by atoms with E-state index >= 15 is 0 Å². The Morgan fingerprint density at radius 1 is 1.37 bits per heavy atom. The molecule has 0 saturated carbocycles. The molecule has 6 heteroatoms. The largest absolute Gasteiger partial charge is 0.481 e. The van der Waals surface area contributed by atoms with E-state index in [1.54, 1.807) is 6.92 Å². The zero-order valence-corrected chi connectivity index (χ0v) is 13.0. The van der Waals surface area contributed by atoms with Crippen LogP contribution in [-0.4, -0.2) is 29.3 Å². The van der Waals surface area contributed by atoms with Crippen molar-refractivity contribution in [2.75, 3.05) is 12.3 Å². The highest BCUT2D eigenvalue weighted by Crippen LogP contribution is 2.20. The van der Waals surface area contributed by atoms with Gasteiger partial charge in [-0.15, -0.1) is 11.8 Å². The number of amides is 1. The van der Waals surface area contributed by atoms with E-state index in [0.29, 0.717) is 12.3 Å². The van der Waals surface area contributed by atoms with Crippen LogP contribution < -0.4 is 5.32 Å². The van der Waals surface area contributed by atoms with Crippen molar-refractivity contribution in [1.82, 2.24) is 5.32 Å². The molecule has 2 N–H and O–H groups in total. The van der Waals surface area contributed by atoms with Gasteiger partial charge in [0, 0.05) is 22.3 Å². The molecule has 104 valence electrons. The predicted octanol–water partition coefficient (Wildman–Crippen LogP) is 2.77.